The van der Waals surface area contributed by atoms with Gasteiger partial charge < -0.3 is 15.1 Å². The van der Waals surface area contributed by atoms with E-state index < -0.39 is 29.0 Å². The van der Waals surface area contributed by atoms with Crippen LogP contribution in [0.15, 0.2) is 12.1 Å². The van der Waals surface area contributed by atoms with Crippen molar-refractivity contribution in [1.29, 1.82) is 0 Å². The highest BCUT2D eigenvalue weighted by Crippen LogP contribution is 2.19. The summed E-state index contributed by atoms with van der Waals surface area (Å²) in [6, 6.07) is 1.63. The second-order valence-electron chi connectivity index (χ2n) is 6.33. The number of rotatable bonds is 5. The minimum atomic E-state index is -1.67. The van der Waals surface area contributed by atoms with E-state index in [1.54, 1.807) is 9.80 Å². The number of carbonyl (C=O) groups is 3. The van der Waals surface area contributed by atoms with Crippen LogP contribution in [0.3, 0.4) is 0 Å². The van der Waals surface area contributed by atoms with Crippen LogP contribution in [0, 0.1) is 17.5 Å². The zero-order valence-electron chi connectivity index (χ0n) is 15.1. The first-order valence-corrected chi connectivity index (χ1v) is 8.34. The number of hydrogen-bond acceptors (Lipinski definition) is 4. The van der Waals surface area contributed by atoms with Crippen molar-refractivity contribution < 1.29 is 27.6 Å². The van der Waals surface area contributed by atoms with E-state index in [4.69, 9.17) is 0 Å². The molecule has 1 aromatic carbocycles. The maximum Gasteiger partial charge on any atom is 0.238 e. The number of nitrogens with one attached hydrogen (secondary N) is 1. The third kappa shape index (κ3) is 5.43. The molecule has 1 aliphatic heterocycles. The Morgan fingerprint density at radius 1 is 1.00 bits per heavy atom. The first-order valence-electron chi connectivity index (χ1n) is 8.34. The third-order valence-corrected chi connectivity index (χ3v) is 4.21. The van der Waals surface area contributed by atoms with Crippen LogP contribution in [-0.4, -0.2) is 78.7 Å². The summed E-state index contributed by atoms with van der Waals surface area (Å²) in [6.07, 6.45) is 0. The molecule has 10 heteroatoms. The topological polar surface area (TPSA) is 73.0 Å². The molecule has 148 valence electrons. The molecule has 0 spiro atoms. The zero-order chi connectivity index (χ0) is 20.1. The minimum absolute atomic E-state index is 0.0413. The predicted molar refractivity (Wildman–Crippen MR) is 91.3 cm³/mol. The Labute approximate surface area is 154 Å². The SMILES string of the molecule is CC(=O)N1CCN(C(=O)CN(C)CC(=O)Nc2ccc(F)c(F)c2F)CC1. The number of halogens is 3. The lowest BCUT2D eigenvalue weighted by Gasteiger charge is -2.35. The van der Waals surface area contributed by atoms with Crippen LogP contribution in [0.2, 0.25) is 0 Å². The maximum absolute atomic E-state index is 13.6. The van der Waals surface area contributed by atoms with E-state index in [1.165, 1.54) is 18.9 Å². The Bertz CT molecular complexity index is 736. The average molecular weight is 386 g/mol. The highest BCUT2D eigenvalue weighted by molar-refractivity contribution is 5.92. The molecule has 0 saturated carbocycles. The van der Waals surface area contributed by atoms with Gasteiger partial charge in [0.25, 0.3) is 0 Å². The summed E-state index contributed by atoms with van der Waals surface area (Å²) in [7, 11) is 1.53. The van der Waals surface area contributed by atoms with Crippen molar-refractivity contribution in [3.05, 3.63) is 29.6 Å². The molecule has 0 radical (unpaired) electrons. The van der Waals surface area contributed by atoms with Crippen LogP contribution < -0.4 is 5.32 Å². The second-order valence-corrected chi connectivity index (χ2v) is 6.33. The fourth-order valence-corrected chi connectivity index (χ4v) is 2.71. The molecule has 0 aromatic heterocycles. The van der Waals surface area contributed by atoms with E-state index >= 15 is 0 Å². The Hall–Kier alpha value is -2.62. The van der Waals surface area contributed by atoms with Crippen LogP contribution in [0.4, 0.5) is 18.9 Å². The van der Waals surface area contributed by atoms with E-state index in [1.807, 2.05) is 0 Å². The Morgan fingerprint density at radius 3 is 2.19 bits per heavy atom. The largest absolute Gasteiger partial charge is 0.339 e. The zero-order valence-corrected chi connectivity index (χ0v) is 15.1. The average Bonchev–Trinajstić information content (AvgIpc) is 2.62. The molecule has 0 aliphatic carbocycles. The number of carbonyl (C=O) groups excluding carboxylic acids is 3. The van der Waals surface area contributed by atoms with Crippen molar-refractivity contribution in [3.8, 4) is 0 Å². The van der Waals surface area contributed by atoms with E-state index in [9.17, 15) is 27.6 Å². The molecule has 1 fully saturated rings. The van der Waals surface area contributed by atoms with E-state index in [0.29, 0.717) is 32.2 Å². The molecule has 0 unspecified atom stereocenters. The van der Waals surface area contributed by atoms with Gasteiger partial charge in [-0.15, -0.1) is 0 Å². The van der Waals surface area contributed by atoms with Crippen LogP contribution in [0.5, 0.6) is 0 Å². The normalized spacial score (nSPS) is 14.4. The third-order valence-electron chi connectivity index (χ3n) is 4.21. The molecule has 1 aliphatic rings. The monoisotopic (exact) mass is 386 g/mol. The summed E-state index contributed by atoms with van der Waals surface area (Å²) in [5.74, 6) is -5.41. The number of amides is 3. The van der Waals surface area contributed by atoms with Crippen LogP contribution >= 0.6 is 0 Å². The smallest absolute Gasteiger partial charge is 0.238 e. The van der Waals surface area contributed by atoms with Crippen molar-refractivity contribution in [2.45, 2.75) is 6.92 Å². The van der Waals surface area contributed by atoms with Gasteiger partial charge >= 0.3 is 0 Å². The standard InChI is InChI=1S/C17H21F3N4O3/c1-11(25)23-5-7-24(8-6-23)15(27)10-22(2)9-14(26)21-13-4-3-12(18)16(19)17(13)20/h3-4H,5-10H2,1-2H3,(H,21,26). The molecule has 3 amide bonds. The fraction of sp³-hybridized carbons (Fsp3) is 0.471. The maximum atomic E-state index is 13.6. The van der Waals surface area contributed by atoms with Crippen molar-refractivity contribution in [2.24, 2.45) is 0 Å². The number of nitrogens with zero attached hydrogens (tertiary/aromatic N) is 3. The molecule has 1 saturated heterocycles. The molecule has 27 heavy (non-hydrogen) atoms. The number of anilines is 1. The summed E-state index contributed by atoms with van der Waals surface area (Å²) in [4.78, 5) is 40.2. The van der Waals surface area contributed by atoms with Gasteiger partial charge in [0.15, 0.2) is 17.5 Å². The molecule has 1 aromatic rings. The quantitative estimate of drug-likeness (QED) is 0.755. The molecule has 0 bridgehead atoms. The highest BCUT2D eigenvalue weighted by atomic mass is 19.2. The van der Waals surface area contributed by atoms with E-state index in [-0.39, 0.29) is 24.9 Å². The molecule has 1 N–H and O–H groups in total. The first kappa shape index (κ1) is 20.7. The first-order chi connectivity index (χ1) is 12.7. The lowest BCUT2D eigenvalue weighted by molar-refractivity contribution is -0.139. The van der Waals surface area contributed by atoms with E-state index in [2.05, 4.69) is 5.32 Å². The van der Waals surface area contributed by atoms with Crippen molar-refractivity contribution in [2.75, 3.05) is 51.6 Å². The summed E-state index contributed by atoms with van der Waals surface area (Å²) >= 11 is 0. The Kier molecular flexibility index (Phi) is 6.78. The Balaban J connectivity index is 1.82. The lowest BCUT2D eigenvalue weighted by Crippen LogP contribution is -2.52. The lowest BCUT2D eigenvalue weighted by atomic mass is 10.2. The minimum Gasteiger partial charge on any atom is -0.339 e. The number of hydrogen-bond donors (Lipinski definition) is 1. The van der Waals surface area contributed by atoms with Crippen LogP contribution in [0.1, 0.15) is 6.92 Å². The van der Waals surface area contributed by atoms with Crippen LogP contribution in [0.25, 0.3) is 0 Å². The number of piperazine rings is 1. The Morgan fingerprint density at radius 2 is 1.59 bits per heavy atom. The molecule has 1 heterocycles. The summed E-state index contributed by atoms with van der Waals surface area (Å²) in [5.41, 5.74) is -0.473. The second kappa shape index (κ2) is 8.85. The number of likely N-dealkylation sites (N-methyl/N-ethyl adjacent to an activating group) is 1. The van der Waals surface area contributed by atoms with Crippen molar-refractivity contribution >= 4 is 23.4 Å². The van der Waals surface area contributed by atoms with Gasteiger partial charge in [0, 0.05) is 33.1 Å². The highest BCUT2D eigenvalue weighted by Gasteiger charge is 2.23. The molecule has 7 nitrogen and oxygen atoms in total. The van der Waals surface area contributed by atoms with Gasteiger partial charge in [0.2, 0.25) is 17.7 Å². The summed E-state index contributed by atoms with van der Waals surface area (Å²) in [6.45, 7) is 2.93. The van der Waals surface area contributed by atoms with Gasteiger partial charge in [-0.3, -0.25) is 19.3 Å². The van der Waals surface area contributed by atoms with E-state index in [0.717, 1.165) is 6.07 Å². The summed E-state index contributed by atoms with van der Waals surface area (Å²) in [5, 5.41) is 2.15. The predicted octanol–water partition coefficient (Wildman–Crippen LogP) is 0.665. The van der Waals surface area contributed by atoms with Gasteiger partial charge in [0.05, 0.1) is 18.8 Å². The molecular formula is C17H21F3N4O3. The molecular weight excluding hydrogens is 365 g/mol. The van der Waals surface area contributed by atoms with Gasteiger partial charge in [-0.1, -0.05) is 0 Å². The van der Waals surface area contributed by atoms with Gasteiger partial charge in [0.1, 0.15) is 0 Å². The van der Waals surface area contributed by atoms with Gasteiger partial charge in [-0.05, 0) is 19.2 Å². The number of benzene rings is 1. The van der Waals surface area contributed by atoms with Crippen molar-refractivity contribution in [3.63, 3.8) is 0 Å². The van der Waals surface area contributed by atoms with Crippen LogP contribution in [-0.2, 0) is 14.4 Å². The summed E-state index contributed by atoms with van der Waals surface area (Å²) < 4.78 is 39.6. The van der Waals surface area contributed by atoms with Gasteiger partial charge in [-0.2, -0.15) is 0 Å². The van der Waals surface area contributed by atoms with Crippen molar-refractivity contribution in [1.82, 2.24) is 14.7 Å². The molecule has 0 atom stereocenters. The van der Waals surface area contributed by atoms with Gasteiger partial charge in [-0.25, -0.2) is 13.2 Å². The fourth-order valence-electron chi connectivity index (χ4n) is 2.71. The molecule has 2 rings (SSSR count).